The van der Waals surface area contributed by atoms with Crippen LogP contribution in [0, 0.1) is 0 Å². The zero-order valence-electron chi connectivity index (χ0n) is 6.33. The molecule has 0 aromatic rings. The number of rotatable bonds is 4. The fourth-order valence-electron chi connectivity index (χ4n) is 0.535. The minimum absolute atomic E-state index is 0.157. The van der Waals surface area contributed by atoms with Crippen molar-refractivity contribution in [2.45, 2.75) is 18.9 Å². The van der Waals surface area contributed by atoms with Crippen molar-refractivity contribution in [3.8, 4) is 0 Å². The van der Waals surface area contributed by atoms with E-state index in [1.54, 1.807) is 0 Å². The van der Waals surface area contributed by atoms with Crippen LogP contribution in [-0.2, 0) is 9.59 Å². The highest BCUT2D eigenvalue weighted by molar-refractivity contribution is 5.78. The zero-order valence-corrected chi connectivity index (χ0v) is 6.33. The van der Waals surface area contributed by atoms with E-state index in [1.807, 2.05) is 0 Å². The summed E-state index contributed by atoms with van der Waals surface area (Å²) in [6.45, 7) is 0. The summed E-state index contributed by atoms with van der Waals surface area (Å²) >= 11 is 0. The molecular formula is C6H12N2O3. The molecule has 5 nitrogen and oxygen atoms in total. The number of nitrogens with two attached hydrogens (primary N) is 1. The lowest BCUT2D eigenvalue weighted by Crippen LogP contribution is -2.31. The maximum absolute atomic E-state index is 10.6. The Bertz CT molecular complexity index is 158. The summed E-state index contributed by atoms with van der Waals surface area (Å²) in [4.78, 5) is 20.7. The molecule has 0 aromatic heterocycles. The summed E-state index contributed by atoms with van der Waals surface area (Å²) in [6, 6.07) is -0.938. The van der Waals surface area contributed by atoms with Crippen LogP contribution in [0.4, 0.5) is 0 Å². The molecule has 0 rings (SSSR count). The third-order valence-corrected chi connectivity index (χ3v) is 1.28. The molecule has 0 aromatic carbocycles. The first-order valence-corrected chi connectivity index (χ1v) is 3.27. The lowest BCUT2D eigenvalue weighted by atomic mass is 10.1. The molecule has 0 fully saturated rings. The second-order valence-corrected chi connectivity index (χ2v) is 2.16. The molecule has 5 heteroatoms. The van der Waals surface area contributed by atoms with Crippen molar-refractivity contribution in [1.82, 2.24) is 5.32 Å². The van der Waals surface area contributed by atoms with Crippen LogP contribution in [0.5, 0.6) is 0 Å². The van der Waals surface area contributed by atoms with E-state index in [0.29, 0.717) is 0 Å². The minimum atomic E-state index is -1.08. The van der Waals surface area contributed by atoms with Crippen LogP contribution in [-0.4, -0.2) is 30.1 Å². The van der Waals surface area contributed by atoms with Gasteiger partial charge in [-0.15, -0.1) is 0 Å². The first kappa shape index (κ1) is 9.90. The topological polar surface area (TPSA) is 92.4 Å². The monoisotopic (exact) mass is 160 g/mol. The van der Waals surface area contributed by atoms with E-state index in [2.05, 4.69) is 5.32 Å². The standard InChI is InChI=1S/C6H12N2O3/c1-8-5(9)3-2-4(7)6(10)11/h4H,2-3,7H2,1H3,(H,8,9)(H,10,11). The number of amides is 1. The molecule has 11 heavy (non-hydrogen) atoms. The van der Waals surface area contributed by atoms with Gasteiger partial charge in [0.05, 0.1) is 0 Å². The molecule has 0 aliphatic rings. The van der Waals surface area contributed by atoms with Gasteiger partial charge in [0.25, 0.3) is 0 Å². The highest BCUT2D eigenvalue weighted by Crippen LogP contribution is 1.93. The maximum Gasteiger partial charge on any atom is 0.320 e. The smallest absolute Gasteiger partial charge is 0.320 e. The van der Waals surface area contributed by atoms with Crippen molar-refractivity contribution in [2.75, 3.05) is 7.05 Å². The molecule has 1 atom stereocenters. The summed E-state index contributed by atoms with van der Waals surface area (Å²) in [5.74, 6) is -1.27. The second kappa shape index (κ2) is 4.68. The minimum Gasteiger partial charge on any atom is -0.480 e. The Morgan fingerprint density at radius 1 is 1.64 bits per heavy atom. The third-order valence-electron chi connectivity index (χ3n) is 1.28. The average Bonchev–Trinajstić information content (AvgIpc) is 1.99. The number of aliphatic carboxylic acids is 1. The van der Waals surface area contributed by atoms with Gasteiger partial charge in [-0.1, -0.05) is 0 Å². The first-order valence-electron chi connectivity index (χ1n) is 3.27. The van der Waals surface area contributed by atoms with Gasteiger partial charge in [-0.2, -0.15) is 0 Å². The summed E-state index contributed by atoms with van der Waals surface area (Å²) in [5, 5.41) is 10.7. The largest absolute Gasteiger partial charge is 0.480 e. The molecule has 64 valence electrons. The molecule has 1 unspecified atom stereocenters. The molecule has 4 N–H and O–H groups in total. The lowest BCUT2D eigenvalue weighted by molar-refractivity contribution is -0.138. The molecular weight excluding hydrogens is 148 g/mol. The van der Waals surface area contributed by atoms with Crippen molar-refractivity contribution in [2.24, 2.45) is 5.73 Å². The van der Waals surface area contributed by atoms with Crippen molar-refractivity contribution in [1.29, 1.82) is 0 Å². The van der Waals surface area contributed by atoms with Crippen LogP contribution in [0.25, 0.3) is 0 Å². The van der Waals surface area contributed by atoms with Gasteiger partial charge < -0.3 is 16.2 Å². The van der Waals surface area contributed by atoms with E-state index in [1.165, 1.54) is 7.05 Å². The van der Waals surface area contributed by atoms with Gasteiger partial charge in [-0.25, -0.2) is 0 Å². The van der Waals surface area contributed by atoms with Gasteiger partial charge in [-0.05, 0) is 6.42 Å². The molecule has 0 aliphatic carbocycles. The van der Waals surface area contributed by atoms with Crippen molar-refractivity contribution in [3.63, 3.8) is 0 Å². The van der Waals surface area contributed by atoms with E-state index in [4.69, 9.17) is 10.8 Å². The maximum atomic E-state index is 10.6. The van der Waals surface area contributed by atoms with Gasteiger partial charge in [0.1, 0.15) is 6.04 Å². The molecule has 1 amide bonds. The van der Waals surface area contributed by atoms with Crippen LogP contribution < -0.4 is 11.1 Å². The average molecular weight is 160 g/mol. The Hall–Kier alpha value is -1.10. The van der Waals surface area contributed by atoms with E-state index >= 15 is 0 Å². The number of nitrogens with one attached hydrogen (secondary N) is 1. The molecule has 0 spiro atoms. The van der Waals surface area contributed by atoms with Crippen molar-refractivity contribution in [3.05, 3.63) is 0 Å². The summed E-state index contributed by atoms with van der Waals surface area (Å²) in [7, 11) is 1.49. The SMILES string of the molecule is CNC(=O)CCC(N)C(=O)O. The molecule has 0 saturated heterocycles. The number of carboxylic acids is 1. The summed E-state index contributed by atoms with van der Waals surface area (Å²) in [6.07, 6.45) is 0.332. The van der Waals surface area contributed by atoms with Crippen LogP contribution in [0.1, 0.15) is 12.8 Å². The summed E-state index contributed by atoms with van der Waals surface area (Å²) < 4.78 is 0. The van der Waals surface area contributed by atoms with E-state index in [-0.39, 0.29) is 18.7 Å². The third kappa shape index (κ3) is 4.32. The molecule has 0 radical (unpaired) electrons. The predicted molar refractivity (Wildman–Crippen MR) is 38.9 cm³/mol. The Kier molecular flexibility index (Phi) is 4.21. The van der Waals surface area contributed by atoms with Gasteiger partial charge in [0.2, 0.25) is 5.91 Å². The number of hydrogen-bond acceptors (Lipinski definition) is 3. The van der Waals surface area contributed by atoms with Crippen LogP contribution >= 0.6 is 0 Å². The van der Waals surface area contributed by atoms with Gasteiger partial charge in [-0.3, -0.25) is 9.59 Å². The molecule has 0 bridgehead atoms. The Balaban J connectivity index is 3.54. The molecule has 0 saturated carbocycles. The number of hydrogen-bond donors (Lipinski definition) is 3. The fourth-order valence-corrected chi connectivity index (χ4v) is 0.535. The Morgan fingerprint density at radius 3 is 2.55 bits per heavy atom. The Labute approximate surface area is 64.6 Å². The van der Waals surface area contributed by atoms with Crippen LogP contribution in [0.2, 0.25) is 0 Å². The van der Waals surface area contributed by atoms with Gasteiger partial charge in [0, 0.05) is 13.5 Å². The van der Waals surface area contributed by atoms with Gasteiger partial charge >= 0.3 is 5.97 Å². The quantitative estimate of drug-likeness (QED) is 0.488. The van der Waals surface area contributed by atoms with E-state index < -0.39 is 12.0 Å². The van der Waals surface area contributed by atoms with Crippen LogP contribution in [0.3, 0.4) is 0 Å². The molecule has 0 heterocycles. The Morgan fingerprint density at radius 2 is 2.18 bits per heavy atom. The lowest BCUT2D eigenvalue weighted by Gasteiger charge is -2.03. The van der Waals surface area contributed by atoms with E-state index in [0.717, 1.165) is 0 Å². The van der Waals surface area contributed by atoms with Gasteiger partial charge in [0.15, 0.2) is 0 Å². The highest BCUT2D eigenvalue weighted by atomic mass is 16.4. The normalized spacial score (nSPS) is 12.2. The van der Waals surface area contributed by atoms with Crippen LogP contribution in [0.15, 0.2) is 0 Å². The zero-order chi connectivity index (χ0) is 8.85. The van der Waals surface area contributed by atoms with E-state index in [9.17, 15) is 9.59 Å². The first-order chi connectivity index (χ1) is 5.07. The highest BCUT2D eigenvalue weighted by Gasteiger charge is 2.12. The summed E-state index contributed by atoms with van der Waals surface area (Å²) in [5.41, 5.74) is 5.14. The predicted octanol–water partition coefficient (Wildman–Crippen LogP) is -1.08. The fraction of sp³-hybridized carbons (Fsp3) is 0.667. The number of carbonyl (C=O) groups excluding carboxylic acids is 1. The number of carbonyl (C=O) groups is 2. The van der Waals surface area contributed by atoms with Crippen molar-refractivity contribution < 1.29 is 14.7 Å². The molecule has 0 aliphatic heterocycles. The number of carboxylic acid groups (broad SMARTS) is 1. The van der Waals surface area contributed by atoms with Crippen molar-refractivity contribution >= 4 is 11.9 Å². The second-order valence-electron chi connectivity index (χ2n) is 2.16.